The highest BCUT2D eigenvalue weighted by Gasteiger charge is 2.19. The van der Waals surface area contributed by atoms with Crippen molar-refractivity contribution in [1.29, 1.82) is 0 Å². The van der Waals surface area contributed by atoms with Gasteiger partial charge in [0.2, 0.25) is 17.7 Å². The van der Waals surface area contributed by atoms with Gasteiger partial charge in [-0.05, 0) is 55.0 Å². The number of anilines is 2. The standard InChI is InChI=1S/C30H27Cl2N5O4/c1-18-7-9-21-5-4-6-25(30(21)35-18)41-17-22-23(31)10-11-24(29(22)32)37(3)28(40)16-34-27(39)12-8-20-13-14-33-26(15-20)36-19(2)38/h4-15H,16-17H2,1-3H3,(H,34,39)(H,33,36,38)/b12-8+. The topological polar surface area (TPSA) is 114 Å². The van der Waals surface area contributed by atoms with E-state index in [0.717, 1.165) is 16.6 Å². The second kappa shape index (κ2) is 13.3. The van der Waals surface area contributed by atoms with E-state index in [1.165, 1.54) is 24.1 Å². The van der Waals surface area contributed by atoms with Crippen LogP contribution in [0, 0.1) is 6.92 Å². The third-order valence-electron chi connectivity index (χ3n) is 6.02. The average molecular weight is 592 g/mol. The summed E-state index contributed by atoms with van der Waals surface area (Å²) in [5.41, 5.74) is 3.17. The summed E-state index contributed by atoms with van der Waals surface area (Å²) >= 11 is 13.1. The number of hydrogen-bond donors (Lipinski definition) is 2. The molecule has 0 aliphatic rings. The fraction of sp³-hybridized carbons (Fsp3) is 0.167. The molecule has 0 atom stereocenters. The van der Waals surface area contributed by atoms with Crippen molar-refractivity contribution in [3.05, 3.63) is 93.7 Å². The smallest absolute Gasteiger partial charge is 0.246 e. The van der Waals surface area contributed by atoms with Gasteiger partial charge in [0.25, 0.3) is 0 Å². The van der Waals surface area contributed by atoms with Crippen LogP contribution in [0.1, 0.15) is 23.7 Å². The van der Waals surface area contributed by atoms with Crippen LogP contribution >= 0.6 is 23.2 Å². The van der Waals surface area contributed by atoms with Crippen molar-refractivity contribution in [1.82, 2.24) is 15.3 Å². The van der Waals surface area contributed by atoms with Crippen LogP contribution in [0.5, 0.6) is 5.75 Å². The van der Waals surface area contributed by atoms with Crippen LogP contribution in [-0.4, -0.2) is 41.3 Å². The fourth-order valence-electron chi connectivity index (χ4n) is 3.91. The Morgan fingerprint density at radius 2 is 1.88 bits per heavy atom. The SMILES string of the molecule is CC(=O)Nc1cc(/C=C/C(=O)NCC(=O)N(C)c2ccc(Cl)c(COc3cccc4ccc(C)nc34)c2Cl)ccn1. The minimum atomic E-state index is -0.472. The number of amides is 3. The summed E-state index contributed by atoms with van der Waals surface area (Å²) in [7, 11) is 1.56. The Labute approximate surface area is 247 Å². The molecule has 0 unspecified atom stereocenters. The predicted molar refractivity (Wildman–Crippen MR) is 161 cm³/mol. The number of carbonyl (C=O) groups excluding carboxylic acids is 3. The van der Waals surface area contributed by atoms with Crippen LogP contribution < -0.4 is 20.3 Å². The number of ether oxygens (including phenoxy) is 1. The number of pyridine rings is 2. The van der Waals surface area contributed by atoms with Gasteiger partial charge in [-0.15, -0.1) is 0 Å². The molecule has 4 rings (SSSR count). The highest BCUT2D eigenvalue weighted by molar-refractivity contribution is 6.38. The molecular weight excluding hydrogens is 565 g/mol. The first-order chi connectivity index (χ1) is 19.6. The summed E-state index contributed by atoms with van der Waals surface area (Å²) in [5, 5.41) is 6.73. The minimum Gasteiger partial charge on any atom is -0.487 e. The molecule has 0 fully saturated rings. The molecule has 0 radical (unpaired) electrons. The number of aromatic nitrogens is 2. The summed E-state index contributed by atoms with van der Waals surface area (Å²) in [4.78, 5) is 46.4. The van der Waals surface area contributed by atoms with Gasteiger partial charge < -0.3 is 20.3 Å². The minimum absolute atomic E-state index is 0.0580. The van der Waals surface area contributed by atoms with Gasteiger partial charge in [0, 0.05) is 47.9 Å². The van der Waals surface area contributed by atoms with Gasteiger partial charge in [0.05, 0.1) is 17.3 Å². The maximum Gasteiger partial charge on any atom is 0.246 e. The zero-order valence-electron chi connectivity index (χ0n) is 22.6. The lowest BCUT2D eigenvalue weighted by atomic mass is 10.1. The molecule has 0 aliphatic heterocycles. The number of rotatable bonds is 9. The predicted octanol–water partition coefficient (Wildman–Crippen LogP) is 5.57. The summed E-state index contributed by atoms with van der Waals surface area (Å²) in [6, 6.07) is 16.1. The highest BCUT2D eigenvalue weighted by Crippen LogP contribution is 2.35. The molecule has 0 bridgehead atoms. The van der Waals surface area contributed by atoms with Crippen LogP contribution in [-0.2, 0) is 21.0 Å². The van der Waals surface area contributed by atoms with Crippen molar-refractivity contribution >= 4 is 69.4 Å². The number of nitrogens with one attached hydrogen (secondary N) is 2. The quantitative estimate of drug-likeness (QED) is 0.246. The summed E-state index contributed by atoms with van der Waals surface area (Å²) < 4.78 is 6.06. The van der Waals surface area contributed by atoms with Gasteiger partial charge in [-0.3, -0.25) is 14.4 Å². The monoisotopic (exact) mass is 591 g/mol. The maximum absolute atomic E-state index is 12.9. The first-order valence-corrected chi connectivity index (χ1v) is 13.3. The van der Waals surface area contributed by atoms with E-state index in [1.807, 2.05) is 37.3 Å². The van der Waals surface area contributed by atoms with Crippen LogP contribution in [0.3, 0.4) is 0 Å². The summed E-state index contributed by atoms with van der Waals surface area (Å²) in [6.07, 6.45) is 4.34. The number of para-hydroxylation sites is 1. The van der Waals surface area contributed by atoms with Crippen LogP contribution in [0.15, 0.2) is 66.9 Å². The fourth-order valence-corrected chi connectivity index (χ4v) is 4.51. The number of carbonyl (C=O) groups is 3. The van der Waals surface area contributed by atoms with Gasteiger partial charge in [-0.1, -0.05) is 41.4 Å². The van der Waals surface area contributed by atoms with Crippen molar-refractivity contribution < 1.29 is 19.1 Å². The molecule has 2 heterocycles. The van der Waals surface area contributed by atoms with E-state index in [1.54, 1.807) is 37.4 Å². The van der Waals surface area contributed by atoms with Gasteiger partial charge in [0.1, 0.15) is 23.7 Å². The Hall–Kier alpha value is -4.47. The van der Waals surface area contributed by atoms with Gasteiger partial charge in [-0.2, -0.15) is 0 Å². The zero-order valence-corrected chi connectivity index (χ0v) is 24.1. The second-order valence-electron chi connectivity index (χ2n) is 9.09. The number of hydrogen-bond acceptors (Lipinski definition) is 6. The summed E-state index contributed by atoms with van der Waals surface area (Å²) in [5.74, 6) is -0.169. The molecule has 0 spiro atoms. The third-order valence-corrected chi connectivity index (χ3v) is 6.80. The molecule has 2 aromatic heterocycles. The third kappa shape index (κ3) is 7.59. The Bertz CT molecular complexity index is 1660. The van der Waals surface area contributed by atoms with E-state index in [-0.39, 0.29) is 24.1 Å². The van der Waals surface area contributed by atoms with Gasteiger partial charge >= 0.3 is 0 Å². The first-order valence-electron chi connectivity index (χ1n) is 12.5. The Morgan fingerprint density at radius 3 is 2.66 bits per heavy atom. The molecule has 2 N–H and O–H groups in total. The second-order valence-corrected chi connectivity index (χ2v) is 9.87. The van der Waals surface area contributed by atoms with Crippen molar-refractivity contribution in [3.63, 3.8) is 0 Å². The number of nitrogens with zero attached hydrogens (tertiary/aromatic N) is 3. The van der Waals surface area contributed by atoms with Crippen molar-refractivity contribution in [2.24, 2.45) is 0 Å². The van der Waals surface area contributed by atoms with E-state index in [4.69, 9.17) is 27.9 Å². The molecular formula is C30H27Cl2N5O4. The first kappa shape index (κ1) is 29.5. The van der Waals surface area contributed by atoms with Crippen LogP contribution in [0.25, 0.3) is 17.0 Å². The Balaban J connectivity index is 1.40. The molecule has 11 heteroatoms. The van der Waals surface area contributed by atoms with Crippen molar-refractivity contribution in [3.8, 4) is 5.75 Å². The lowest BCUT2D eigenvalue weighted by Crippen LogP contribution is -2.37. The van der Waals surface area contributed by atoms with E-state index < -0.39 is 11.8 Å². The van der Waals surface area contributed by atoms with Crippen molar-refractivity contribution in [2.45, 2.75) is 20.5 Å². The van der Waals surface area contributed by atoms with E-state index in [0.29, 0.717) is 33.4 Å². The molecule has 0 saturated heterocycles. The normalized spacial score (nSPS) is 11.0. The largest absolute Gasteiger partial charge is 0.487 e. The van der Waals surface area contributed by atoms with Crippen molar-refractivity contribution in [2.75, 3.05) is 23.8 Å². The maximum atomic E-state index is 12.9. The van der Waals surface area contributed by atoms with Gasteiger partial charge in [0.15, 0.2) is 0 Å². The molecule has 9 nitrogen and oxygen atoms in total. The van der Waals surface area contributed by atoms with E-state index in [2.05, 4.69) is 20.6 Å². The Kier molecular flexibility index (Phi) is 9.54. The molecule has 210 valence electrons. The molecule has 3 amide bonds. The number of fused-ring (bicyclic) bond motifs is 1. The average Bonchev–Trinajstić information content (AvgIpc) is 2.94. The van der Waals surface area contributed by atoms with Crippen LogP contribution in [0.2, 0.25) is 10.0 Å². The zero-order chi connectivity index (χ0) is 29.5. The van der Waals surface area contributed by atoms with E-state index >= 15 is 0 Å². The summed E-state index contributed by atoms with van der Waals surface area (Å²) in [6.45, 7) is 3.08. The number of likely N-dealkylation sites (N-methyl/N-ethyl adjacent to an activating group) is 1. The molecule has 0 aliphatic carbocycles. The Morgan fingerprint density at radius 1 is 1.07 bits per heavy atom. The lowest BCUT2D eigenvalue weighted by Gasteiger charge is -2.21. The number of halogens is 2. The number of benzene rings is 2. The number of aryl methyl sites for hydroxylation is 1. The molecule has 4 aromatic rings. The molecule has 0 saturated carbocycles. The molecule has 2 aromatic carbocycles. The lowest BCUT2D eigenvalue weighted by molar-refractivity contribution is -0.122. The van der Waals surface area contributed by atoms with Crippen LogP contribution in [0.4, 0.5) is 11.5 Å². The molecule has 41 heavy (non-hydrogen) atoms. The highest BCUT2D eigenvalue weighted by atomic mass is 35.5. The van der Waals surface area contributed by atoms with E-state index in [9.17, 15) is 14.4 Å². The van der Waals surface area contributed by atoms with Gasteiger partial charge in [-0.25, -0.2) is 9.97 Å².